The summed E-state index contributed by atoms with van der Waals surface area (Å²) in [5, 5.41) is 7.19. The number of halogens is 1. The molecule has 3 aromatic rings. The number of carbonyl (C=O) groups is 1. The van der Waals surface area contributed by atoms with Crippen LogP contribution in [0.15, 0.2) is 65.2 Å². The highest BCUT2D eigenvalue weighted by atomic mass is 35.5. The number of amides is 1. The van der Waals surface area contributed by atoms with Crippen LogP contribution in [0.25, 0.3) is 0 Å². The Labute approximate surface area is 176 Å². The summed E-state index contributed by atoms with van der Waals surface area (Å²) in [7, 11) is 0. The van der Waals surface area contributed by atoms with E-state index in [-0.39, 0.29) is 18.3 Å². The molecule has 0 aliphatic heterocycles. The van der Waals surface area contributed by atoms with E-state index < -0.39 is 11.6 Å². The minimum atomic E-state index is -0.525. The molecule has 1 saturated carbocycles. The van der Waals surface area contributed by atoms with Crippen molar-refractivity contribution in [3.05, 3.63) is 83.5 Å². The van der Waals surface area contributed by atoms with Gasteiger partial charge in [0, 0.05) is 12.0 Å². The molecule has 0 saturated heterocycles. The lowest BCUT2D eigenvalue weighted by molar-refractivity contribution is 0.0928. The summed E-state index contributed by atoms with van der Waals surface area (Å²) in [4.78, 5) is 17.3. The molecule has 152 valence electrons. The predicted octanol–water partition coefficient (Wildman–Crippen LogP) is 3.93. The Balaban J connectivity index is 0.00000240. The van der Waals surface area contributed by atoms with Gasteiger partial charge < -0.3 is 15.6 Å². The van der Waals surface area contributed by atoms with Crippen LogP contribution in [0.4, 0.5) is 0 Å². The van der Waals surface area contributed by atoms with Gasteiger partial charge in [0.1, 0.15) is 6.04 Å². The summed E-state index contributed by atoms with van der Waals surface area (Å²) in [6, 6.07) is 18.6. The number of rotatable bonds is 6. The van der Waals surface area contributed by atoms with Crippen LogP contribution in [0.5, 0.6) is 0 Å². The summed E-state index contributed by atoms with van der Waals surface area (Å²) in [6.07, 6.45) is 4.40. The lowest BCUT2D eigenvalue weighted by Gasteiger charge is -2.18. The van der Waals surface area contributed by atoms with Gasteiger partial charge >= 0.3 is 0 Å². The van der Waals surface area contributed by atoms with E-state index in [2.05, 4.69) is 15.5 Å². The molecule has 29 heavy (non-hydrogen) atoms. The maximum absolute atomic E-state index is 12.7. The molecule has 6 nitrogen and oxygen atoms in total. The first-order valence-corrected chi connectivity index (χ1v) is 9.67. The number of nitrogens with zero attached hydrogens (tertiary/aromatic N) is 2. The predicted molar refractivity (Wildman–Crippen MR) is 113 cm³/mol. The average molecular weight is 413 g/mol. The Morgan fingerprint density at radius 3 is 2.34 bits per heavy atom. The molecule has 1 heterocycles. The Kier molecular flexibility index (Phi) is 6.67. The fraction of sp³-hybridized carbons (Fsp3) is 0.318. The van der Waals surface area contributed by atoms with E-state index in [0.717, 1.165) is 31.2 Å². The molecule has 2 aromatic carbocycles. The van der Waals surface area contributed by atoms with Crippen molar-refractivity contribution in [2.45, 2.75) is 43.7 Å². The first kappa shape index (κ1) is 21.0. The zero-order valence-corrected chi connectivity index (χ0v) is 16.9. The Hall–Kier alpha value is -2.70. The standard InChI is InChI=1S/C22H24N4O2.ClH/c23-22(13-7-8-14-22)21-25-20(28-26-21)18(15-16-9-3-1-4-10-16)24-19(27)17-11-5-2-6-12-17;/h1-6,9-12,18H,7-8,13-15,23H2,(H,24,27);1H. The van der Waals surface area contributed by atoms with E-state index in [9.17, 15) is 4.79 Å². The van der Waals surface area contributed by atoms with E-state index in [1.165, 1.54) is 0 Å². The van der Waals surface area contributed by atoms with Crippen molar-refractivity contribution < 1.29 is 9.32 Å². The summed E-state index contributed by atoms with van der Waals surface area (Å²) < 4.78 is 5.56. The summed E-state index contributed by atoms with van der Waals surface area (Å²) in [5.41, 5.74) is 7.60. The van der Waals surface area contributed by atoms with Gasteiger partial charge in [-0.05, 0) is 30.5 Å². The topological polar surface area (TPSA) is 94.0 Å². The number of aromatic nitrogens is 2. The normalized spacial score (nSPS) is 16.0. The van der Waals surface area contributed by atoms with Crippen LogP contribution in [-0.2, 0) is 12.0 Å². The van der Waals surface area contributed by atoms with Gasteiger partial charge in [-0.1, -0.05) is 66.5 Å². The van der Waals surface area contributed by atoms with Crippen molar-refractivity contribution in [3.63, 3.8) is 0 Å². The van der Waals surface area contributed by atoms with E-state index in [1.807, 2.05) is 48.5 Å². The molecular weight excluding hydrogens is 388 g/mol. The quantitative estimate of drug-likeness (QED) is 0.639. The number of carbonyl (C=O) groups excluding carboxylic acids is 1. The zero-order valence-electron chi connectivity index (χ0n) is 16.1. The maximum atomic E-state index is 12.7. The van der Waals surface area contributed by atoms with Gasteiger partial charge in [-0.15, -0.1) is 12.4 Å². The minimum absolute atomic E-state index is 0. The second kappa shape index (κ2) is 9.20. The third-order valence-electron chi connectivity index (χ3n) is 5.30. The minimum Gasteiger partial charge on any atom is -0.340 e. The Morgan fingerprint density at radius 1 is 1.07 bits per heavy atom. The smallest absolute Gasteiger partial charge is 0.251 e. The van der Waals surface area contributed by atoms with Crippen molar-refractivity contribution >= 4 is 18.3 Å². The summed E-state index contributed by atoms with van der Waals surface area (Å²) in [5.74, 6) is 0.747. The molecule has 1 aliphatic carbocycles. The van der Waals surface area contributed by atoms with Crippen LogP contribution >= 0.6 is 12.4 Å². The molecule has 1 atom stereocenters. The molecule has 1 unspecified atom stereocenters. The van der Waals surface area contributed by atoms with E-state index in [4.69, 9.17) is 10.3 Å². The van der Waals surface area contributed by atoms with E-state index in [0.29, 0.717) is 23.7 Å². The molecule has 0 radical (unpaired) electrons. The molecule has 7 heteroatoms. The Bertz CT molecular complexity index is 924. The van der Waals surface area contributed by atoms with Gasteiger partial charge in [-0.2, -0.15) is 4.98 Å². The highest BCUT2D eigenvalue weighted by Gasteiger charge is 2.37. The summed E-state index contributed by atoms with van der Waals surface area (Å²) in [6.45, 7) is 0. The molecule has 3 N–H and O–H groups in total. The monoisotopic (exact) mass is 412 g/mol. The lowest BCUT2D eigenvalue weighted by Crippen LogP contribution is -2.35. The van der Waals surface area contributed by atoms with Crippen LogP contribution in [0.1, 0.15) is 59.4 Å². The molecule has 1 aliphatic rings. The van der Waals surface area contributed by atoms with Gasteiger partial charge in [0.15, 0.2) is 5.82 Å². The van der Waals surface area contributed by atoms with Crippen molar-refractivity contribution in [1.29, 1.82) is 0 Å². The van der Waals surface area contributed by atoms with Crippen LogP contribution in [-0.4, -0.2) is 16.0 Å². The van der Waals surface area contributed by atoms with Gasteiger partial charge in [-0.25, -0.2) is 0 Å². The second-order valence-electron chi connectivity index (χ2n) is 7.40. The first-order chi connectivity index (χ1) is 13.6. The molecule has 1 fully saturated rings. The van der Waals surface area contributed by atoms with Gasteiger partial charge in [0.05, 0.1) is 5.54 Å². The van der Waals surface area contributed by atoms with Crippen molar-refractivity contribution in [2.75, 3.05) is 0 Å². The molecule has 0 spiro atoms. The fourth-order valence-corrected chi connectivity index (χ4v) is 3.69. The largest absolute Gasteiger partial charge is 0.340 e. The maximum Gasteiger partial charge on any atom is 0.251 e. The summed E-state index contributed by atoms with van der Waals surface area (Å²) >= 11 is 0. The van der Waals surface area contributed by atoms with Gasteiger partial charge in [0.2, 0.25) is 5.89 Å². The first-order valence-electron chi connectivity index (χ1n) is 9.67. The molecule has 4 rings (SSSR count). The lowest BCUT2D eigenvalue weighted by atomic mass is 9.98. The van der Waals surface area contributed by atoms with E-state index in [1.54, 1.807) is 12.1 Å². The highest BCUT2D eigenvalue weighted by molar-refractivity contribution is 5.94. The van der Waals surface area contributed by atoms with Crippen molar-refractivity contribution in [2.24, 2.45) is 5.73 Å². The van der Waals surface area contributed by atoms with Crippen LogP contribution in [0.3, 0.4) is 0 Å². The number of nitrogens with one attached hydrogen (secondary N) is 1. The highest BCUT2D eigenvalue weighted by Crippen LogP contribution is 2.35. The second-order valence-corrected chi connectivity index (χ2v) is 7.40. The van der Waals surface area contributed by atoms with Crippen molar-refractivity contribution in [1.82, 2.24) is 15.5 Å². The van der Waals surface area contributed by atoms with Crippen LogP contribution in [0.2, 0.25) is 0 Å². The van der Waals surface area contributed by atoms with Crippen molar-refractivity contribution in [3.8, 4) is 0 Å². The number of benzene rings is 2. The van der Waals surface area contributed by atoms with E-state index >= 15 is 0 Å². The van der Waals surface area contributed by atoms with Gasteiger partial charge in [-0.3, -0.25) is 4.79 Å². The average Bonchev–Trinajstić information content (AvgIpc) is 3.39. The number of hydrogen-bond donors (Lipinski definition) is 2. The number of hydrogen-bond acceptors (Lipinski definition) is 5. The van der Waals surface area contributed by atoms with Crippen LogP contribution < -0.4 is 11.1 Å². The zero-order chi connectivity index (χ0) is 19.4. The third kappa shape index (κ3) is 4.83. The fourth-order valence-electron chi connectivity index (χ4n) is 3.69. The van der Waals surface area contributed by atoms with Gasteiger partial charge in [0.25, 0.3) is 5.91 Å². The SMILES string of the molecule is Cl.NC1(c2noc(C(Cc3ccccc3)NC(=O)c3ccccc3)n2)CCCC1. The van der Waals surface area contributed by atoms with Crippen LogP contribution in [0, 0.1) is 0 Å². The molecule has 1 aromatic heterocycles. The molecular formula is C22H25ClN4O2. The molecule has 0 bridgehead atoms. The molecule has 1 amide bonds. The number of nitrogens with two attached hydrogens (primary N) is 1. The Morgan fingerprint density at radius 2 is 1.69 bits per heavy atom. The third-order valence-corrected chi connectivity index (χ3v) is 5.30.